The van der Waals surface area contributed by atoms with Crippen LogP contribution in [-0.4, -0.2) is 51.2 Å². The van der Waals surface area contributed by atoms with Gasteiger partial charge in [-0.05, 0) is 38.5 Å². The predicted octanol–water partition coefficient (Wildman–Crippen LogP) is 2.74. The molecule has 0 aliphatic carbocycles. The standard InChI is InChI=1S/C22H28N6O4/c1-4-6-16(27-18-8-7-15-9-10-23-20(29)19(15)28-18)11-24-22-25-12-17(13-26-22)32-14(3)21(30)31-5-2/h7-10,12-14,16H,4-6,11H2,1-3H3,(H,23,29)(H,27,28)(H,24,25,26)/t14?,16-/m0/s1. The zero-order valence-corrected chi connectivity index (χ0v) is 18.4. The predicted molar refractivity (Wildman–Crippen MR) is 122 cm³/mol. The van der Waals surface area contributed by atoms with Crippen LogP contribution in [-0.2, 0) is 9.53 Å². The van der Waals surface area contributed by atoms with Crippen LogP contribution >= 0.6 is 0 Å². The molecule has 3 aromatic heterocycles. The smallest absolute Gasteiger partial charge is 0.347 e. The number of aromatic amines is 1. The number of hydrogen-bond donors (Lipinski definition) is 3. The lowest BCUT2D eigenvalue weighted by Gasteiger charge is -2.19. The monoisotopic (exact) mass is 440 g/mol. The van der Waals surface area contributed by atoms with E-state index in [1.165, 1.54) is 12.4 Å². The highest BCUT2D eigenvalue weighted by molar-refractivity contribution is 5.79. The second kappa shape index (κ2) is 11.1. The highest BCUT2D eigenvalue weighted by atomic mass is 16.6. The fourth-order valence-electron chi connectivity index (χ4n) is 3.12. The van der Waals surface area contributed by atoms with Crippen molar-refractivity contribution in [2.75, 3.05) is 23.8 Å². The summed E-state index contributed by atoms with van der Waals surface area (Å²) in [5.74, 6) is 1.01. The fourth-order valence-corrected chi connectivity index (χ4v) is 3.12. The van der Waals surface area contributed by atoms with Gasteiger partial charge in [0, 0.05) is 24.2 Å². The first-order valence-electron chi connectivity index (χ1n) is 10.6. The van der Waals surface area contributed by atoms with Gasteiger partial charge in [0.25, 0.3) is 5.56 Å². The maximum absolute atomic E-state index is 12.0. The van der Waals surface area contributed by atoms with E-state index in [0.717, 1.165) is 18.2 Å². The van der Waals surface area contributed by atoms with Gasteiger partial charge in [-0.1, -0.05) is 13.3 Å². The van der Waals surface area contributed by atoms with Gasteiger partial charge in [-0.15, -0.1) is 0 Å². The van der Waals surface area contributed by atoms with E-state index in [1.54, 1.807) is 20.0 Å². The number of carbonyl (C=O) groups is 1. The Morgan fingerprint density at radius 2 is 1.97 bits per heavy atom. The molecule has 170 valence electrons. The largest absolute Gasteiger partial charge is 0.476 e. The van der Waals surface area contributed by atoms with Crippen LogP contribution in [0.5, 0.6) is 5.75 Å². The van der Waals surface area contributed by atoms with Crippen LogP contribution in [0.1, 0.15) is 33.6 Å². The molecule has 3 aromatic rings. The van der Waals surface area contributed by atoms with Gasteiger partial charge in [0.2, 0.25) is 5.95 Å². The first-order chi connectivity index (χ1) is 15.5. The van der Waals surface area contributed by atoms with Gasteiger partial charge in [0.1, 0.15) is 11.3 Å². The first-order valence-corrected chi connectivity index (χ1v) is 10.6. The molecule has 0 saturated heterocycles. The van der Waals surface area contributed by atoms with Crippen LogP contribution in [0.4, 0.5) is 11.8 Å². The van der Waals surface area contributed by atoms with Crippen molar-refractivity contribution in [2.24, 2.45) is 0 Å². The minimum atomic E-state index is -0.739. The lowest BCUT2D eigenvalue weighted by Crippen LogP contribution is -2.29. The van der Waals surface area contributed by atoms with Crippen molar-refractivity contribution in [3.8, 4) is 5.75 Å². The quantitative estimate of drug-likeness (QED) is 0.385. The van der Waals surface area contributed by atoms with Gasteiger partial charge in [-0.2, -0.15) is 0 Å². The Bertz CT molecular complexity index is 1090. The van der Waals surface area contributed by atoms with Crippen LogP contribution in [0.15, 0.2) is 41.6 Å². The summed E-state index contributed by atoms with van der Waals surface area (Å²) in [4.78, 5) is 39.2. The van der Waals surface area contributed by atoms with Gasteiger partial charge < -0.3 is 25.1 Å². The molecule has 3 N–H and O–H groups in total. The summed E-state index contributed by atoms with van der Waals surface area (Å²) >= 11 is 0. The van der Waals surface area contributed by atoms with Crippen molar-refractivity contribution in [3.05, 3.63) is 47.1 Å². The van der Waals surface area contributed by atoms with Crippen LogP contribution in [0, 0.1) is 0 Å². The molecule has 0 saturated carbocycles. The van der Waals surface area contributed by atoms with E-state index in [-0.39, 0.29) is 11.6 Å². The molecule has 0 amide bonds. The number of esters is 1. The number of aromatic nitrogens is 4. The van der Waals surface area contributed by atoms with Gasteiger partial charge in [-0.3, -0.25) is 4.79 Å². The van der Waals surface area contributed by atoms with Gasteiger partial charge >= 0.3 is 5.97 Å². The third-order valence-corrected chi connectivity index (χ3v) is 4.67. The molecule has 10 heteroatoms. The molecule has 0 radical (unpaired) electrons. The molecule has 2 atom stereocenters. The molecule has 0 bridgehead atoms. The molecule has 3 rings (SSSR count). The molecular weight excluding hydrogens is 412 g/mol. The Morgan fingerprint density at radius 1 is 1.19 bits per heavy atom. The third kappa shape index (κ3) is 6.16. The summed E-state index contributed by atoms with van der Waals surface area (Å²) < 4.78 is 10.4. The third-order valence-electron chi connectivity index (χ3n) is 4.67. The number of anilines is 2. The van der Waals surface area contributed by atoms with Crippen LogP contribution < -0.4 is 20.9 Å². The topological polar surface area (TPSA) is 131 Å². The molecule has 0 fully saturated rings. The first kappa shape index (κ1) is 23.0. The molecule has 3 heterocycles. The minimum Gasteiger partial charge on any atom is -0.476 e. The molecule has 1 unspecified atom stereocenters. The second-order valence-corrected chi connectivity index (χ2v) is 7.21. The van der Waals surface area contributed by atoms with E-state index in [4.69, 9.17) is 9.47 Å². The summed E-state index contributed by atoms with van der Waals surface area (Å²) in [7, 11) is 0. The number of ether oxygens (including phenoxy) is 2. The van der Waals surface area contributed by atoms with Crippen molar-refractivity contribution < 1.29 is 14.3 Å². The average Bonchev–Trinajstić information content (AvgIpc) is 2.79. The molecule has 0 aliphatic heterocycles. The maximum atomic E-state index is 12.0. The number of nitrogens with one attached hydrogen (secondary N) is 3. The lowest BCUT2D eigenvalue weighted by molar-refractivity contribution is -0.150. The zero-order valence-electron chi connectivity index (χ0n) is 18.4. The number of carbonyl (C=O) groups excluding carboxylic acids is 1. The van der Waals surface area contributed by atoms with Crippen LogP contribution in [0.25, 0.3) is 10.9 Å². The normalized spacial score (nSPS) is 12.7. The highest BCUT2D eigenvalue weighted by Gasteiger charge is 2.16. The lowest BCUT2D eigenvalue weighted by atomic mass is 10.1. The van der Waals surface area contributed by atoms with E-state index < -0.39 is 12.1 Å². The van der Waals surface area contributed by atoms with E-state index in [1.807, 2.05) is 18.2 Å². The summed E-state index contributed by atoms with van der Waals surface area (Å²) in [6, 6.07) is 5.60. The van der Waals surface area contributed by atoms with Gasteiger partial charge in [-0.25, -0.2) is 19.7 Å². The van der Waals surface area contributed by atoms with Crippen molar-refractivity contribution in [1.82, 2.24) is 19.9 Å². The number of rotatable bonds is 11. The molecule has 0 aromatic carbocycles. The van der Waals surface area contributed by atoms with E-state index >= 15 is 0 Å². The summed E-state index contributed by atoms with van der Waals surface area (Å²) in [6.45, 7) is 6.30. The second-order valence-electron chi connectivity index (χ2n) is 7.21. The Hall–Kier alpha value is -3.69. The van der Waals surface area contributed by atoms with Crippen LogP contribution in [0.2, 0.25) is 0 Å². The summed E-state index contributed by atoms with van der Waals surface area (Å²) in [5.41, 5.74) is 0.181. The summed E-state index contributed by atoms with van der Waals surface area (Å²) in [5, 5.41) is 7.36. The highest BCUT2D eigenvalue weighted by Crippen LogP contribution is 2.15. The molecule has 0 spiro atoms. The van der Waals surface area contributed by atoms with Gasteiger partial charge in [0.05, 0.1) is 19.0 Å². The number of nitrogens with zero attached hydrogens (tertiary/aromatic N) is 3. The molecule has 10 nitrogen and oxygen atoms in total. The van der Waals surface area contributed by atoms with Crippen molar-refractivity contribution in [2.45, 2.75) is 45.8 Å². The maximum Gasteiger partial charge on any atom is 0.347 e. The van der Waals surface area contributed by atoms with E-state index in [2.05, 4.69) is 37.5 Å². The van der Waals surface area contributed by atoms with E-state index in [9.17, 15) is 9.59 Å². The number of fused-ring (bicyclic) bond motifs is 1. The van der Waals surface area contributed by atoms with Crippen LogP contribution in [0.3, 0.4) is 0 Å². The molecule has 0 aliphatic rings. The number of H-pyrrole nitrogens is 1. The minimum absolute atomic E-state index is 0.0520. The Morgan fingerprint density at radius 3 is 2.69 bits per heavy atom. The summed E-state index contributed by atoms with van der Waals surface area (Å²) in [6.07, 6.45) is 5.73. The SMILES string of the molecule is CCC[C@@H](CNc1ncc(OC(C)C(=O)OCC)cn1)Nc1ccc2cc[nH]c(=O)c2n1. The van der Waals surface area contributed by atoms with Crippen molar-refractivity contribution in [1.29, 1.82) is 0 Å². The number of pyridine rings is 2. The Labute approximate surface area is 185 Å². The average molecular weight is 441 g/mol. The molecule has 32 heavy (non-hydrogen) atoms. The fraction of sp³-hybridized carbons (Fsp3) is 0.409. The Kier molecular flexibility index (Phi) is 7.96. The molecular formula is C22H28N6O4. The van der Waals surface area contributed by atoms with Crippen molar-refractivity contribution in [3.63, 3.8) is 0 Å². The van der Waals surface area contributed by atoms with Gasteiger partial charge in [0.15, 0.2) is 11.9 Å². The zero-order chi connectivity index (χ0) is 22.9. The number of hydrogen-bond acceptors (Lipinski definition) is 9. The van der Waals surface area contributed by atoms with E-state index in [0.29, 0.717) is 36.2 Å². The Balaban J connectivity index is 1.59. The van der Waals surface area contributed by atoms with Crippen molar-refractivity contribution >= 4 is 28.6 Å².